The van der Waals surface area contributed by atoms with Gasteiger partial charge in [0.1, 0.15) is 5.75 Å². The van der Waals surface area contributed by atoms with E-state index in [0.29, 0.717) is 5.69 Å². The molecule has 1 rings (SSSR count). The van der Waals surface area contributed by atoms with Crippen molar-refractivity contribution in [3.05, 3.63) is 23.0 Å². The molecule has 0 aliphatic rings. The van der Waals surface area contributed by atoms with Crippen molar-refractivity contribution in [2.75, 3.05) is 0 Å². The molecule has 0 aliphatic heterocycles. The largest absolute Gasteiger partial charge is 0.506 e. The summed E-state index contributed by atoms with van der Waals surface area (Å²) in [5.41, 5.74) is 0.241. The van der Waals surface area contributed by atoms with Crippen LogP contribution >= 0.6 is 11.6 Å². The van der Waals surface area contributed by atoms with Gasteiger partial charge >= 0.3 is 0 Å². The van der Waals surface area contributed by atoms with Crippen LogP contribution in [0.5, 0.6) is 5.75 Å². The highest BCUT2D eigenvalue weighted by Crippen LogP contribution is 2.31. The molecule has 0 fully saturated rings. The fourth-order valence-electron chi connectivity index (χ4n) is 1.06. The predicted molar refractivity (Wildman–Crippen MR) is 45.2 cm³/mol. The van der Waals surface area contributed by atoms with E-state index in [9.17, 15) is 8.78 Å². The standard InChI is InChI=1S/C8H8ClF2NO/c1-4-5(2-9)12-3-6(13)7(4)8(10)11/h3,8,13H,2H2,1H3. The topological polar surface area (TPSA) is 33.1 Å². The molecule has 1 aromatic rings. The van der Waals surface area contributed by atoms with Crippen LogP contribution in [0.4, 0.5) is 8.78 Å². The van der Waals surface area contributed by atoms with Crippen molar-refractivity contribution in [3.8, 4) is 5.75 Å². The molecule has 13 heavy (non-hydrogen) atoms. The van der Waals surface area contributed by atoms with Gasteiger partial charge in [-0.1, -0.05) is 0 Å². The van der Waals surface area contributed by atoms with Crippen LogP contribution in [-0.4, -0.2) is 10.1 Å². The van der Waals surface area contributed by atoms with Gasteiger partial charge in [-0.25, -0.2) is 8.78 Å². The van der Waals surface area contributed by atoms with Gasteiger partial charge in [0.2, 0.25) is 0 Å². The van der Waals surface area contributed by atoms with E-state index in [4.69, 9.17) is 16.7 Å². The van der Waals surface area contributed by atoms with Gasteiger partial charge in [0.25, 0.3) is 6.43 Å². The lowest BCUT2D eigenvalue weighted by molar-refractivity contribution is 0.146. The lowest BCUT2D eigenvalue weighted by atomic mass is 10.1. The van der Waals surface area contributed by atoms with Gasteiger partial charge < -0.3 is 5.11 Å². The normalized spacial score (nSPS) is 10.8. The lowest BCUT2D eigenvalue weighted by Crippen LogP contribution is -1.98. The van der Waals surface area contributed by atoms with Crippen molar-refractivity contribution in [1.82, 2.24) is 4.98 Å². The van der Waals surface area contributed by atoms with Crippen LogP contribution in [0.3, 0.4) is 0 Å². The summed E-state index contributed by atoms with van der Waals surface area (Å²) in [6, 6.07) is 0. The monoisotopic (exact) mass is 207 g/mol. The summed E-state index contributed by atoms with van der Waals surface area (Å²) in [5.74, 6) is -0.424. The van der Waals surface area contributed by atoms with Crippen molar-refractivity contribution >= 4 is 11.6 Å². The molecule has 0 atom stereocenters. The van der Waals surface area contributed by atoms with Crippen LogP contribution in [0.15, 0.2) is 6.20 Å². The Balaban J connectivity index is 3.30. The second kappa shape index (κ2) is 3.87. The van der Waals surface area contributed by atoms with E-state index >= 15 is 0 Å². The number of alkyl halides is 3. The summed E-state index contributed by atoms with van der Waals surface area (Å²) in [6.07, 6.45) is -1.71. The molecule has 0 aliphatic carbocycles. The third-order valence-electron chi connectivity index (χ3n) is 1.80. The Hall–Kier alpha value is -0.900. The Morgan fingerprint density at radius 2 is 2.23 bits per heavy atom. The highest BCUT2D eigenvalue weighted by Gasteiger charge is 2.18. The van der Waals surface area contributed by atoms with Gasteiger partial charge in [-0.05, 0) is 12.5 Å². The summed E-state index contributed by atoms with van der Waals surface area (Å²) in [6.45, 7) is 1.46. The van der Waals surface area contributed by atoms with Gasteiger partial charge in [-0.2, -0.15) is 0 Å². The summed E-state index contributed by atoms with van der Waals surface area (Å²) in [4.78, 5) is 3.72. The van der Waals surface area contributed by atoms with E-state index in [1.165, 1.54) is 6.92 Å². The molecule has 0 aromatic carbocycles. The van der Waals surface area contributed by atoms with Gasteiger partial charge in [0.15, 0.2) is 0 Å². The quantitative estimate of drug-likeness (QED) is 0.757. The molecular weight excluding hydrogens is 200 g/mol. The summed E-state index contributed by atoms with van der Waals surface area (Å²) >= 11 is 5.47. The maximum Gasteiger partial charge on any atom is 0.267 e. The van der Waals surface area contributed by atoms with E-state index in [2.05, 4.69) is 4.98 Å². The number of aromatic hydroxyl groups is 1. The maximum atomic E-state index is 12.4. The number of hydrogen-bond acceptors (Lipinski definition) is 2. The summed E-state index contributed by atoms with van der Waals surface area (Å²) in [5, 5.41) is 9.10. The van der Waals surface area contributed by atoms with Crippen LogP contribution in [0, 0.1) is 6.92 Å². The molecule has 0 saturated carbocycles. The van der Waals surface area contributed by atoms with Gasteiger partial charge in [-0.15, -0.1) is 11.6 Å². The first-order chi connectivity index (χ1) is 6.07. The molecule has 1 heterocycles. The third kappa shape index (κ3) is 1.88. The number of pyridine rings is 1. The minimum absolute atomic E-state index is 0.0613. The number of hydrogen-bond donors (Lipinski definition) is 1. The van der Waals surface area contributed by atoms with Gasteiger partial charge in [0, 0.05) is 0 Å². The van der Waals surface area contributed by atoms with Crippen LogP contribution in [0.25, 0.3) is 0 Å². The first kappa shape index (κ1) is 10.2. The first-order valence-electron chi connectivity index (χ1n) is 3.59. The molecule has 0 bridgehead atoms. The lowest BCUT2D eigenvalue weighted by Gasteiger charge is -2.09. The second-order valence-electron chi connectivity index (χ2n) is 2.56. The Bertz CT molecular complexity index is 317. The SMILES string of the molecule is Cc1c(CCl)ncc(O)c1C(F)F. The average Bonchev–Trinajstić information content (AvgIpc) is 2.04. The molecule has 0 radical (unpaired) electrons. The van der Waals surface area contributed by atoms with Crippen LogP contribution in [0.1, 0.15) is 23.2 Å². The van der Waals surface area contributed by atoms with Gasteiger partial charge in [-0.3, -0.25) is 4.98 Å². The van der Waals surface area contributed by atoms with E-state index in [-0.39, 0.29) is 17.0 Å². The Kier molecular flexibility index (Phi) is 3.03. The van der Waals surface area contributed by atoms with Crippen molar-refractivity contribution in [3.63, 3.8) is 0 Å². The van der Waals surface area contributed by atoms with E-state index in [1.54, 1.807) is 0 Å². The minimum Gasteiger partial charge on any atom is -0.506 e. The molecular formula is C8H8ClF2NO. The zero-order valence-corrected chi connectivity index (χ0v) is 7.65. The molecule has 72 valence electrons. The zero-order valence-electron chi connectivity index (χ0n) is 6.89. The zero-order chi connectivity index (χ0) is 10.0. The minimum atomic E-state index is -2.70. The van der Waals surface area contributed by atoms with E-state index in [1.807, 2.05) is 0 Å². The Morgan fingerprint density at radius 3 is 2.69 bits per heavy atom. The molecule has 1 aromatic heterocycles. The Morgan fingerprint density at radius 1 is 1.62 bits per heavy atom. The van der Waals surface area contributed by atoms with Crippen molar-refractivity contribution in [1.29, 1.82) is 0 Å². The Labute approximate surface area is 79.2 Å². The molecule has 0 saturated heterocycles. The van der Waals surface area contributed by atoms with Crippen LogP contribution in [-0.2, 0) is 5.88 Å². The smallest absolute Gasteiger partial charge is 0.267 e. The molecule has 2 nitrogen and oxygen atoms in total. The second-order valence-corrected chi connectivity index (χ2v) is 2.83. The van der Waals surface area contributed by atoms with Crippen molar-refractivity contribution in [2.24, 2.45) is 0 Å². The molecule has 0 unspecified atom stereocenters. The van der Waals surface area contributed by atoms with E-state index < -0.39 is 12.2 Å². The number of nitrogens with zero attached hydrogens (tertiary/aromatic N) is 1. The summed E-state index contributed by atoms with van der Waals surface area (Å²) < 4.78 is 24.7. The average molecular weight is 208 g/mol. The van der Waals surface area contributed by atoms with Crippen molar-refractivity contribution in [2.45, 2.75) is 19.2 Å². The van der Waals surface area contributed by atoms with Crippen LogP contribution < -0.4 is 0 Å². The molecule has 0 amide bonds. The van der Waals surface area contributed by atoms with E-state index in [0.717, 1.165) is 6.20 Å². The number of halogens is 3. The van der Waals surface area contributed by atoms with Crippen molar-refractivity contribution < 1.29 is 13.9 Å². The fraction of sp³-hybridized carbons (Fsp3) is 0.375. The highest BCUT2D eigenvalue weighted by molar-refractivity contribution is 6.17. The molecule has 1 N–H and O–H groups in total. The molecule has 0 spiro atoms. The predicted octanol–water partition coefficient (Wildman–Crippen LogP) is 2.77. The first-order valence-corrected chi connectivity index (χ1v) is 4.12. The third-order valence-corrected chi connectivity index (χ3v) is 2.05. The highest BCUT2D eigenvalue weighted by atomic mass is 35.5. The van der Waals surface area contributed by atoms with Gasteiger partial charge in [0.05, 0.1) is 23.3 Å². The molecule has 5 heteroatoms. The fourth-order valence-corrected chi connectivity index (χ4v) is 1.33. The number of rotatable bonds is 2. The van der Waals surface area contributed by atoms with Crippen LogP contribution in [0.2, 0.25) is 0 Å². The maximum absolute atomic E-state index is 12.4. The number of aromatic nitrogens is 1. The summed E-state index contributed by atoms with van der Waals surface area (Å²) in [7, 11) is 0.